The molecule has 0 bridgehead atoms. The second-order valence-electron chi connectivity index (χ2n) is 8.04. The first-order valence-electron chi connectivity index (χ1n) is 10.3. The SMILES string of the molecule is O=S(=O)(c1ccccc1)N1CC[C@@H]2[C@@H](CO)Nc3ccc(-c4ccccc4F)cc3[C@@H]21. The van der Waals surface area contributed by atoms with Crippen molar-refractivity contribution in [3.8, 4) is 11.1 Å². The van der Waals surface area contributed by atoms with E-state index in [1.54, 1.807) is 52.8 Å². The van der Waals surface area contributed by atoms with Crippen molar-refractivity contribution in [2.75, 3.05) is 18.5 Å². The first-order valence-corrected chi connectivity index (χ1v) is 11.8. The zero-order valence-electron chi connectivity index (χ0n) is 16.8. The summed E-state index contributed by atoms with van der Waals surface area (Å²) < 4.78 is 42.9. The van der Waals surface area contributed by atoms with E-state index in [2.05, 4.69) is 5.32 Å². The van der Waals surface area contributed by atoms with E-state index in [1.165, 1.54) is 6.07 Å². The first kappa shape index (κ1) is 20.2. The second-order valence-corrected chi connectivity index (χ2v) is 9.93. The maximum atomic E-state index is 14.4. The summed E-state index contributed by atoms with van der Waals surface area (Å²) in [6.45, 7) is 0.281. The van der Waals surface area contributed by atoms with E-state index in [9.17, 15) is 17.9 Å². The highest BCUT2D eigenvalue weighted by atomic mass is 32.2. The van der Waals surface area contributed by atoms with Crippen molar-refractivity contribution in [3.63, 3.8) is 0 Å². The van der Waals surface area contributed by atoms with Crippen LogP contribution >= 0.6 is 0 Å². The Morgan fingerprint density at radius 3 is 2.52 bits per heavy atom. The molecule has 0 saturated carbocycles. The van der Waals surface area contributed by atoms with Gasteiger partial charge < -0.3 is 10.4 Å². The summed E-state index contributed by atoms with van der Waals surface area (Å²) in [5.41, 5.74) is 2.76. The van der Waals surface area contributed by atoms with Gasteiger partial charge in [0.2, 0.25) is 10.0 Å². The Morgan fingerprint density at radius 2 is 1.77 bits per heavy atom. The van der Waals surface area contributed by atoms with E-state index in [0.29, 0.717) is 24.1 Å². The van der Waals surface area contributed by atoms with E-state index in [4.69, 9.17) is 0 Å². The van der Waals surface area contributed by atoms with Gasteiger partial charge in [-0.2, -0.15) is 4.31 Å². The predicted octanol–water partition coefficient (Wildman–Crippen LogP) is 4.03. The van der Waals surface area contributed by atoms with E-state index >= 15 is 0 Å². The van der Waals surface area contributed by atoms with Crippen LogP contribution < -0.4 is 5.32 Å². The van der Waals surface area contributed by atoms with Gasteiger partial charge in [-0.05, 0) is 47.9 Å². The van der Waals surface area contributed by atoms with E-state index in [-0.39, 0.29) is 29.3 Å². The molecule has 3 aromatic rings. The van der Waals surface area contributed by atoms with Crippen molar-refractivity contribution >= 4 is 15.7 Å². The molecule has 0 radical (unpaired) electrons. The zero-order valence-corrected chi connectivity index (χ0v) is 17.6. The summed E-state index contributed by atoms with van der Waals surface area (Å²) in [7, 11) is -3.72. The van der Waals surface area contributed by atoms with Crippen LogP contribution in [0.1, 0.15) is 18.0 Å². The van der Waals surface area contributed by atoms with Crippen LogP contribution in [0.5, 0.6) is 0 Å². The van der Waals surface area contributed by atoms with Crippen LogP contribution in [0.3, 0.4) is 0 Å². The Bertz CT molecular complexity index is 1220. The molecule has 0 amide bonds. The molecular formula is C24H23FN2O3S. The number of hydrogen-bond donors (Lipinski definition) is 2. The number of rotatable bonds is 4. The largest absolute Gasteiger partial charge is 0.394 e. The van der Waals surface area contributed by atoms with Gasteiger partial charge in [0, 0.05) is 23.7 Å². The van der Waals surface area contributed by atoms with Crippen molar-refractivity contribution in [2.24, 2.45) is 5.92 Å². The van der Waals surface area contributed by atoms with Crippen molar-refractivity contribution in [3.05, 3.63) is 84.2 Å². The molecule has 1 fully saturated rings. The number of fused-ring (bicyclic) bond motifs is 3. The average molecular weight is 439 g/mol. The Hall–Kier alpha value is -2.74. The molecule has 160 valence electrons. The summed E-state index contributed by atoms with van der Waals surface area (Å²) in [5, 5.41) is 13.3. The molecule has 2 aliphatic heterocycles. The fraction of sp³-hybridized carbons (Fsp3) is 0.250. The molecule has 3 aromatic carbocycles. The fourth-order valence-electron chi connectivity index (χ4n) is 4.88. The molecule has 0 spiro atoms. The maximum Gasteiger partial charge on any atom is 0.243 e. The highest BCUT2D eigenvalue weighted by molar-refractivity contribution is 7.89. The number of sulfonamides is 1. The monoisotopic (exact) mass is 438 g/mol. The van der Waals surface area contributed by atoms with Gasteiger partial charge in [0.15, 0.2) is 0 Å². The number of nitrogens with one attached hydrogen (secondary N) is 1. The topological polar surface area (TPSA) is 69.6 Å². The lowest BCUT2D eigenvalue weighted by Crippen LogP contribution is -2.42. The summed E-state index contributed by atoms with van der Waals surface area (Å²) in [4.78, 5) is 0.251. The third kappa shape index (κ3) is 3.33. The molecule has 0 unspecified atom stereocenters. The molecule has 0 aliphatic carbocycles. The number of nitrogens with zero attached hydrogens (tertiary/aromatic N) is 1. The predicted molar refractivity (Wildman–Crippen MR) is 118 cm³/mol. The summed E-state index contributed by atoms with van der Waals surface area (Å²) >= 11 is 0. The van der Waals surface area contributed by atoms with Gasteiger partial charge in [-0.3, -0.25) is 0 Å². The number of anilines is 1. The van der Waals surface area contributed by atoms with Crippen molar-refractivity contribution in [1.29, 1.82) is 0 Å². The van der Waals surface area contributed by atoms with Crippen LogP contribution in [0, 0.1) is 11.7 Å². The normalized spacial score (nSPS) is 23.1. The molecular weight excluding hydrogens is 415 g/mol. The molecule has 31 heavy (non-hydrogen) atoms. The van der Waals surface area contributed by atoms with Crippen molar-refractivity contribution in [2.45, 2.75) is 23.4 Å². The number of halogens is 1. The van der Waals surface area contributed by atoms with Crippen LogP contribution in [-0.2, 0) is 10.0 Å². The minimum Gasteiger partial charge on any atom is -0.394 e. The lowest BCUT2D eigenvalue weighted by atomic mass is 9.82. The maximum absolute atomic E-state index is 14.4. The summed E-state index contributed by atoms with van der Waals surface area (Å²) in [5.74, 6) is -0.400. The van der Waals surface area contributed by atoms with E-state index in [1.807, 2.05) is 18.2 Å². The van der Waals surface area contributed by atoms with Gasteiger partial charge in [0.1, 0.15) is 5.82 Å². The first-order chi connectivity index (χ1) is 15.0. The third-order valence-corrected chi connectivity index (χ3v) is 8.25. The number of aliphatic hydroxyl groups excluding tert-OH is 1. The van der Waals surface area contributed by atoms with Gasteiger partial charge in [-0.25, -0.2) is 12.8 Å². The molecule has 1 saturated heterocycles. The minimum absolute atomic E-state index is 0.0770. The second kappa shape index (κ2) is 7.75. The van der Waals surface area contributed by atoms with E-state index < -0.39 is 16.1 Å². The zero-order chi connectivity index (χ0) is 21.6. The Morgan fingerprint density at radius 1 is 1.03 bits per heavy atom. The summed E-state index contributed by atoms with van der Waals surface area (Å²) in [6.07, 6.45) is 0.637. The molecule has 7 heteroatoms. The molecule has 2 heterocycles. The molecule has 5 nitrogen and oxygen atoms in total. The number of aliphatic hydroxyl groups is 1. The smallest absolute Gasteiger partial charge is 0.243 e. The molecule has 2 N–H and O–H groups in total. The lowest BCUT2D eigenvalue weighted by molar-refractivity contribution is 0.210. The van der Waals surface area contributed by atoms with Crippen LogP contribution in [0.15, 0.2) is 77.7 Å². The quantitative estimate of drug-likeness (QED) is 0.645. The molecule has 5 rings (SSSR count). The van der Waals surface area contributed by atoms with Gasteiger partial charge in [0.25, 0.3) is 0 Å². The van der Waals surface area contributed by atoms with Crippen LogP contribution in [0.25, 0.3) is 11.1 Å². The lowest BCUT2D eigenvalue weighted by Gasteiger charge is -2.39. The molecule has 0 aromatic heterocycles. The van der Waals surface area contributed by atoms with Crippen LogP contribution in [-0.4, -0.2) is 37.0 Å². The minimum atomic E-state index is -3.72. The highest BCUT2D eigenvalue weighted by Crippen LogP contribution is 2.49. The standard InChI is InChI=1S/C24H23FN2O3S/c25-21-9-5-4-8-18(21)16-10-11-22-20(14-16)24-19(23(15-28)26-22)12-13-27(24)31(29,30)17-6-2-1-3-7-17/h1-11,14,19,23-24,26,28H,12-13,15H2/t19-,23-,24-/m1/s1. The van der Waals surface area contributed by atoms with Gasteiger partial charge >= 0.3 is 0 Å². The van der Waals surface area contributed by atoms with Crippen molar-refractivity contribution < 1.29 is 17.9 Å². The van der Waals surface area contributed by atoms with Gasteiger partial charge in [-0.1, -0.05) is 42.5 Å². The average Bonchev–Trinajstić information content (AvgIpc) is 3.26. The Labute approximate surface area is 181 Å². The third-order valence-electron chi connectivity index (χ3n) is 6.36. The fourth-order valence-corrected chi connectivity index (χ4v) is 6.57. The number of benzene rings is 3. The van der Waals surface area contributed by atoms with Crippen LogP contribution in [0.4, 0.5) is 10.1 Å². The van der Waals surface area contributed by atoms with Crippen LogP contribution in [0.2, 0.25) is 0 Å². The van der Waals surface area contributed by atoms with Gasteiger partial charge in [-0.15, -0.1) is 0 Å². The summed E-state index contributed by atoms with van der Waals surface area (Å²) in [6, 6.07) is 19.9. The molecule has 3 atom stereocenters. The molecule has 2 aliphatic rings. The Balaban J connectivity index is 1.64. The van der Waals surface area contributed by atoms with E-state index in [0.717, 1.165) is 11.3 Å². The number of hydrogen-bond acceptors (Lipinski definition) is 4. The Kier molecular flexibility index (Phi) is 5.04. The highest BCUT2D eigenvalue weighted by Gasteiger charge is 2.48. The van der Waals surface area contributed by atoms with Crippen molar-refractivity contribution in [1.82, 2.24) is 4.31 Å². The van der Waals surface area contributed by atoms with Gasteiger partial charge in [0.05, 0.1) is 23.6 Å².